The Balaban J connectivity index is 2.12. The third-order valence-corrected chi connectivity index (χ3v) is 3.61. The lowest BCUT2D eigenvalue weighted by molar-refractivity contribution is 0.297. The predicted octanol–water partition coefficient (Wildman–Crippen LogP) is 3.21. The van der Waals surface area contributed by atoms with Gasteiger partial charge >= 0.3 is 0 Å². The number of nitrogens with two attached hydrogens (primary N) is 1. The van der Waals surface area contributed by atoms with Gasteiger partial charge in [0.05, 0.1) is 0 Å². The van der Waals surface area contributed by atoms with Crippen LogP contribution in [0.5, 0.6) is 5.75 Å². The Labute approximate surface area is 111 Å². The molecule has 18 heavy (non-hydrogen) atoms. The lowest BCUT2D eigenvalue weighted by Gasteiger charge is -2.15. The first-order valence-electron chi connectivity index (χ1n) is 6.00. The lowest BCUT2D eigenvalue weighted by atomic mass is 9.98. The fourth-order valence-electron chi connectivity index (χ4n) is 1.70. The van der Waals surface area contributed by atoms with Crippen molar-refractivity contribution in [3.05, 3.63) is 35.5 Å². The van der Waals surface area contributed by atoms with Crippen LogP contribution in [-0.4, -0.2) is 9.59 Å². The van der Waals surface area contributed by atoms with Gasteiger partial charge in [-0.15, -0.1) is 5.10 Å². The van der Waals surface area contributed by atoms with E-state index in [1.54, 1.807) is 0 Å². The molecule has 0 saturated heterocycles. The van der Waals surface area contributed by atoms with E-state index in [0.29, 0.717) is 23.2 Å². The second-order valence-electron chi connectivity index (χ2n) is 4.22. The van der Waals surface area contributed by atoms with E-state index >= 15 is 0 Å². The van der Waals surface area contributed by atoms with E-state index in [0.717, 1.165) is 12.2 Å². The molecule has 0 aliphatic carbocycles. The number of nitrogen functional groups attached to an aromatic ring is 1. The van der Waals surface area contributed by atoms with Crippen LogP contribution < -0.4 is 10.5 Å². The molecule has 5 heteroatoms. The summed E-state index contributed by atoms with van der Waals surface area (Å²) in [5.74, 6) is 1.38. The summed E-state index contributed by atoms with van der Waals surface area (Å²) in [6, 6.07) is 8.10. The average Bonchev–Trinajstić information content (AvgIpc) is 2.81. The van der Waals surface area contributed by atoms with Gasteiger partial charge in [-0.3, -0.25) is 0 Å². The summed E-state index contributed by atoms with van der Waals surface area (Å²) in [4.78, 5) is 0. The van der Waals surface area contributed by atoms with Crippen LogP contribution in [0.4, 0.5) is 5.00 Å². The van der Waals surface area contributed by atoms with E-state index in [2.05, 4.69) is 29.5 Å². The highest BCUT2D eigenvalue weighted by atomic mass is 32.1. The molecular formula is C13H17N3OS. The van der Waals surface area contributed by atoms with Crippen molar-refractivity contribution in [1.29, 1.82) is 0 Å². The highest BCUT2D eigenvalue weighted by Gasteiger charge is 2.11. The molecule has 1 aromatic carbocycles. The molecule has 2 rings (SSSR count). The third-order valence-electron chi connectivity index (χ3n) is 3.01. The number of benzene rings is 1. The summed E-state index contributed by atoms with van der Waals surface area (Å²) in [5.41, 5.74) is 7.67. The largest absolute Gasteiger partial charge is 0.487 e. The van der Waals surface area contributed by atoms with E-state index in [9.17, 15) is 0 Å². The zero-order valence-corrected chi connectivity index (χ0v) is 11.4. The molecule has 0 bridgehead atoms. The number of hydrogen-bond donors (Lipinski definition) is 1. The van der Waals surface area contributed by atoms with Crippen molar-refractivity contribution in [2.45, 2.75) is 32.8 Å². The van der Waals surface area contributed by atoms with Gasteiger partial charge in [-0.1, -0.05) is 36.5 Å². The van der Waals surface area contributed by atoms with Gasteiger partial charge in [0.25, 0.3) is 0 Å². The standard InChI is InChI=1S/C13H17N3OS/c1-3-9(2)10-6-4-5-7-12(10)17-8-11-13(14)18-16-15-11/h4-7,9H,3,8,14H2,1-2H3. The van der Waals surface area contributed by atoms with Gasteiger partial charge in [-0.25, -0.2) is 0 Å². The third kappa shape index (κ3) is 2.79. The topological polar surface area (TPSA) is 61.0 Å². The molecule has 0 radical (unpaired) electrons. The molecule has 2 N–H and O–H groups in total. The van der Waals surface area contributed by atoms with E-state index in [1.807, 2.05) is 18.2 Å². The Hall–Kier alpha value is -1.62. The van der Waals surface area contributed by atoms with Crippen molar-refractivity contribution in [3.8, 4) is 5.75 Å². The summed E-state index contributed by atoms with van der Waals surface area (Å²) >= 11 is 1.19. The monoisotopic (exact) mass is 263 g/mol. The molecule has 1 heterocycles. The van der Waals surface area contributed by atoms with Gasteiger partial charge in [-0.2, -0.15) is 0 Å². The first-order chi connectivity index (χ1) is 8.72. The van der Waals surface area contributed by atoms with Crippen LogP contribution in [0.2, 0.25) is 0 Å². The Morgan fingerprint density at radius 2 is 2.17 bits per heavy atom. The first-order valence-corrected chi connectivity index (χ1v) is 6.78. The SMILES string of the molecule is CCC(C)c1ccccc1OCc1nnsc1N. The van der Waals surface area contributed by atoms with Gasteiger partial charge in [0.1, 0.15) is 23.1 Å². The molecule has 0 spiro atoms. The summed E-state index contributed by atoms with van der Waals surface area (Å²) in [5, 5.41) is 4.57. The highest BCUT2D eigenvalue weighted by molar-refractivity contribution is 7.09. The number of nitrogens with zero attached hydrogens (tertiary/aromatic N) is 2. The molecule has 96 valence electrons. The van der Waals surface area contributed by atoms with Crippen molar-refractivity contribution in [1.82, 2.24) is 9.59 Å². The first kappa shape index (κ1) is 12.8. The van der Waals surface area contributed by atoms with Crippen LogP contribution >= 0.6 is 11.5 Å². The minimum absolute atomic E-state index is 0.371. The van der Waals surface area contributed by atoms with Crippen molar-refractivity contribution in [2.24, 2.45) is 0 Å². The van der Waals surface area contributed by atoms with Crippen molar-refractivity contribution in [2.75, 3.05) is 5.73 Å². The molecule has 1 aromatic heterocycles. The van der Waals surface area contributed by atoms with Crippen molar-refractivity contribution < 1.29 is 4.74 Å². The van der Waals surface area contributed by atoms with Crippen LogP contribution in [0.15, 0.2) is 24.3 Å². The molecule has 1 atom stereocenters. The smallest absolute Gasteiger partial charge is 0.136 e. The second-order valence-corrected chi connectivity index (χ2v) is 5.01. The second kappa shape index (κ2) is 5.82. The van der Waals surface area contributed by atoms with Crippen molar-refractivity contribution >= 4 is 16.5 Å². The predicted molar refractivity (Wildman–Crippen MR) is 73.8 cm³/mol. The highest BCUT2D eigenvalue weighted by Crippen LogP contribution is 2.29. The van der Waals surface area contributed by atoms with E-state index in [-0.39, 0.29) is 0 Å². The molecule has 1 unspecified atom stereocenters. The number of aromatic nitrogens is 2. The molecule has 2 aromatic rings. The maximum Gasteiger partial charge on any atom is 0.136 e. The summed E-state index contributed by atoms with van der Waals surface area (Å²) in [7, 11) is 0. The molecular weight excluding hydrogens is 246 g/mol. The number of ether oxygens (including phenoxy) is 1. The quantitative estimate of drug-likeness (QED) is 0.899. The van der Waals surface area contributed by atoms with Gasteiger partial charge in [0, 0.05) is 11.5 Å². The molecule has 0 aliphatic rings. The molecule has 4 nitrogen and oxygen atoms in total. The zero-order valence-electron chi connectivity index (χ0n) is 10.6. The van der Waals surface area contributed by atoms with Gasteiger partial charge in [-0.05, 0) is 24.0 Å². The Bertz CT molecular complexity index is 512. The zero-order chi connectivity index (χ0) is 13.0. The van der Waals surface area contributed by atoms with E-state index < -0.39 is 0 Å². The van der Waals surface area contributed by atoms with Crippen molar-refractivity contribution in [3.63, 3.8) is 0 Å². The average molecular weight is 263 g/mol. The molecule has 0 fully saturated rings. The summed E-state index contributed by atoms with van der Waals surface area (Å²) in [6.45, 7) is 4.74. The Kier molecular flexibility index (Phi) is 4.15. The fraction of sp³-hybridized carbons (Fsp3) is 0.385. The number of para-hydroxylation sites is 1. The summed E-state index contributed by atoms with van der Waals surface area (Å²) in [6.07, 6.45) is 1.08. The minimum atomic E-state index is 0.371. The van der Waals surface area contributed by atoms with E-state index in [1.165, 1.54) is 17.1 Å². The molecule has 0 aliphatic heterocycles. The lowest BCUT2D eigenvalue weighted by Crippen LogP contribution is -2.02. The Morgan fingerprint density at radius 3 is 2.83 bits per heavy atom. The fourth-order valence-corrected chi connectivity index (χ4v) is 2.13. The van der Waals surface area contributed by atoms with E-state index in [4.69, 9.17) is 10.5 Å². The Morgan fingerprint density at radius 1 is 1.39 bits per heavy atom. The maximum atomic E-state index is 5.81. The normalized spacial score (nSPS) is 12.3. The van der Waals surface area contributed by atoms with Crippen LogP contribution in [0.25, 0.3) is 0 Å². The van der Waals surface area contributed by atoms with Gasteiger partial charge in [0.2, 0.25) is 0 Å². The number of hydrogen-bond acceptors (Lipinski definition) is 5. The van der Waals surface area contributed by atoms with Gasteiger partial charge in [0.15, 0.2) is 0 Å². The van der Waals surface area contributed by atoms with Crippen LogP contribution in [0.3, 0.4) is 0 Å². The van der Waals surface area contributed by atoms with Crippen LogP contribution in [-0.2, 0) is 6.61 Å². The maximum absolute atomic E-state index is 5.81. The number of rotatable bonds is 5. The molecule has 0 amide bonds. The number of anilines is 1. The van der Waals surface area contributed by atoms with Crippen LogP contribution in [0, 0.1) is 0 Å². The summed E-state index contributed by atoms with van der Waals surface area (Å²) < 4.78 is 9.60. The van der Waals surface area contributed by atoms with Crippen LogP contribution in [0.1, 0.15) is 37.4 Å². The minimum Gasteiger partial charge on any atom is -0.487 e. The van der Waals surface area contributed by atoms with Gasteiger partial charge < -0.3 is 10.5 Å². The molecule has 0 saturated carbocycles.